The summed E-state index contributed by atoms with van der Waals surface area (Å²) in [6.45, 7) is 0. The predicted octanol–water partition coefficient (Wildman–Crippen LogP) is 2.20. The molecule has 1 aromatic carbocycles. The minimum absolute atomic E-state index is 0.00870. The maximum absolute atomic E-state index is 12.7. The quantitative estimate of drug-likeness (QED) is 0.600. The average Bonchev–Trinajstić information content (AvgIpc) is 1.96. The van der Waals surface area contributed by atoms with Crippen LogP contribution < -0.4 is 0 Å². The summed E-state index contributed by atoms with van der Waals surface area (Å²) in [7, 11) is 0. The Kier molecular flexibility index (Phi) is 2.27. The molecule has 0 unspecified atom stereocenters. The molecule has 0 heterocycles. The van der Waals surface area contributed by atoms with Gasteiger partial charge in [0.2, 0.25) is 0 Å². The maximum Gasteiger partial charge on any atom is 0.313 e. The summed E-state index contributed by atoms with van der Waals surface area (Å²) >= 11 is 2.77. The average molecular weight is 236 g/mol. The zero-order valence-corrected chi connectivity index (χ0v) is 7.21. The van der Waals surface area contributed by atoms with Gasteiger partial charge in [0.25, 0.3) is 0 Å². The van der Waals surface area contributed by atoms with E-state index in [9.17, 15) is 14.5 Å². The molecular formula is C6H3BrFNO3. The first-order chi connectivity index (χ1) is 5.52. The fourth-order valence-corrected chi connectivity index (χ4v) is 1.00. The number of nitrogens with zero attached hydrogens (tertiary/aromatic N) is 1. The van der Waals surface area contributed by atoms with Crippen LogP contribution >= 0.6 is 15.9 Å². The Balaban J connectivity index is 3.33. The smallest absolute Gasteiger partial charge is 0.313 e. The Morgan fingerprint density at radius 3 is 2.67 bits per heavy atom. The Labute approximate surface area is 74.9 Å². The van der Waals surface area contributed by atoms with Crippen LogP contribution in [0.1, 0.15) is 0 Å². The molecule has 0 amide bonds. The Hall–Kier alpha value is -1.17. The van der Waals surface area contributed by atoms with Gasteiger partial charge >= 0.3 is 5.69 Å². The van der Waals surface area contributed by atoms with E-state index in [1.807, 2.05) is 0 Å². The van der Waals surface area contributed by atoms with Gasteiger partial charge in [0.15, 0.2) is 5.75 Å². The second kappa shape index (κ2) is 3.06. The minimum atomic E-state index is -0.856. The van der Waals surface area contributed by atoms with Crippen molar-refractivity contribution in [2.45, 2.75) is 0 Å². The summed E-state index contributed by atoms with van der Waals surface area (Å²) < 4.78 is 12.6. The van der Waals surface area contributed by atoms with Crippen molar-refractivity contribution in [1.29, 1.82) is 0 Å². The highest BCUT2D eigenvalue weighted by Crippen LogP contribution is 2.30. The molecule has 1 aromatic rings. The van der Waals surface area contributed by atoms with Crippen LogP contribution in [0.25, 0.3) is 0 Å². The van der Waals surface area contributed by atoms with Crippen molar-refractivity contribution in [3.8, 4) is 5.75 Å². The molecule has 0 saturated carbocycles. The highest BCUT2D eigenvalue weighted by molar-refractivity contribution is 9.10. The Morgan fingerprint density at radius 1 is 1.58 bits per heavy atom. The van der Waals surface area contributed by atoms with Crippen molar-refractivity contribution >= 4 is 21.6 Å². The molecule has 4 nitrogen and oxygen atoms in total. The summed E-state index contributed by atoms with van der Waals surface area (Å²) in [5.41, 5.74) is -0.643. The van der Waals surface area contributed by atoms with E-state index in [-0.39, 0.29) is 4.47 Å². The summed E-state index contributed by atoms with van der Waals surface area (Å²) in [5, 5.41) is 19.1. The van der Waals surface area contributed by atoms with Gasteiger partial charge in [-0.1, -0.05) is 0 Å². The van der Waals surface area contributed by atoms with Crippen LogP contribution in [0.2, 0.25) is 0 Å². The summed E-state index contributed by atoms with van der Waals surface area (Å²) in [6, 6.07) is 1.59. The molecule has 0 atom stereocenters. The molecule has 0 aromatic heterocycles. The molecular weight excluding hydrogens is 233 g/mol. The molecule has 0 fully saturated rings. The first-order valence-corrected chi connectivity index (χ1v) is 3.64. The normalized spacial score (nSPS) is 9.83. The number of nitro groups is 1. The van der Waals surface area contributed by atoms with Crippen molar-refractivity contribution in [2.24, 2.45) is 0 Å². The lowest BCUT2D eigenvalue weighted by molar-refractivity contribution is -0.386. The summed E-state index contributed by atoms with van der Waals surface area (Å²) in [5.74, 6) is -1.34. The number of halogens is 2. The third-order valence-electron chi connectivity index (χ3n) is 1.21. The van der Waals surface area contributed by atoms with Crippen molar-refractivity contribution < 1.29 is 14.4 Å². The highest BCUT2D eigenvalue weighted by atomic mass is 79.9. The largest absolute Gasteiger partial charge is 0.502 e. The van der Waals surface area contributed by atoms with Gasteiger partial charge in [0.05, 0.1) is 15.5 Å². The van der Waals surface area contributed by atoms with Crippen LogP contribution in [0.3, 0.4) is 0 Å². The number of rotatable bonds is 1. The molecule has 1 rings (SSSR count). The van der Waals surface area contributed by atoms with Crippen LogP contribution in [0.4, 0.5) is 10.1 Å². The summed E-state index contributed by atoms with van der Waals surface area (Å²) in [6.07, 6.45) is 0. The zero-order chi connectivity index (χ0) is 9.30. The number of nitro benzene ring substituents is 1. The fraction of sp³-hybridized carbons (Fsp3) is 0. The molecule has 0 bridgehead atoms. The molecule has 0 spiro atoms. The topological polar surface area (TPSA) is 63.4 Å². The molecule has 64 valence electrons. The van der Waals surface area contributed by atoms with E-state index >= 15 is 0 Å². The monoisotopic (exact) mass is 235 g/mol. The first kappa shape index (κ1) is 8.92. The van der Waals surface area contributed by atoms with E-state index in [0.29, 0.717) is 6.07 Å². The van der Waals surface area contributed by atoms with E-state index < -0.39 is 22.2 Å². The lowest BCUT2D eigenvalue weighted by Gasteiger charge is -1.97. The third kappa shape index (κ3) is 1.53. The molecule has 0 radical (unpaired) electrons. The number of phenols is 1. The SMILES string of the molecule is O=[N+]([O-])c1cc(F)c(Br)cc1O. The van der Waals surface area contributed by atoms with Crippen LogP contribution in [-0.2, 0) is 0 Å². The van der Waals surface area contributed by atoms with Gasteiger partial charge in [0, 0.05) is 6.07 Å². The molecule has 0 aliphatic heterocycles. The van der Waals surface area contributed by atoms with Gasteiger partial charge in [-0.15, -0.1) is 0 Å². The molecule has 0 aliphatic rings. The van der Waals surface area contributed by atoms with Crippen LogP contribution in [0.5, 0.6) is 5.75 Å². The van der Waals surface area contributed by atoms with Gasteiger partial charge in [-0.05, 0) is 15.9 Å². The van der Waals surface area contributed by atoms with Crippen molar-refractivity contribution in [1.82, 2.24) is 0 Å². The van der Waals surface area contributed by atoms with Crippen molar-refractivity contribution in [3.05, 3.63) is 32.5 Å². The van der Waals surface area contributed by atoms with E-state index in [4.69, 9.17) is 5.11 Å². The molecule has 0 aliphatic carbocycles. The molecule has 1 N–H and O–H groups in total. The number of aromatic hydroxyl groups is 1. The standard InChI is InChI=1S/C6H3BrFNO3/c7-3-1-6(10)5(9(11)12)2-4(3)8/h1-2,10H. The lowest BCUT2D eigenvalue weighted by Crippen LogP contribution is -1.90. The molecule has 6 heteroatoms. The molecule has 12 heavy (non-hydrogen) atoms. The molecule has 0 saturated heterocycles. The second-order valence-corrected chi connectivity index (χ2v) is 2.87. The number of phenolic OH excluding ortho intramolecular Hbond substituents is 1. The number of hydrogen-bond donors (Lipinski definition) is 1. The second-order valence-electron chi connectivity index (χ2n) is 2.01. The van der Waals surface area contributed by atoms with Gasteiger partial charge < -0.3 is 5.11 Å². The van der Waals surface area contributed by atoms with Crippen LogP contribution in [0.15, 0.2) is 16.6 Å². The van der Waals surface area contributed by atoms with Gasteiger partial charge in [-0.2, -0.15) is 0 Å². The maximum atomic E-state index is 12.7. The van der Waals surface area contributed by atoms with E-state index in [2.05, 4.69) is 15.9 Å². The van der Waals surface area contributed by atoms with E-state index in [1.54, 1.807) is 0 Å². The number of benzene rings is 1. The Morgan fingerprint density at radius 2 is 2.17 bits per heavy atom. The first-order valence-electron chi connectivity index (χ1n) is 2.85. The predicted molar refractivity (Wildman–Crippen MR) is 42.4 cm³/mol. The van der Waals surface area contributed by atoms with Gasteiger partial charge in [0.1, 0.15) is 5.82 Å². The van der Waals surface area contributed by atoms with Crippen molar-refractivity contribution in [2.75, 3.05) is 0 Å². The fourth-order valence-electron chi connectivity index (χ4n) is 0.672. The van der Waals surface area contributed by atoms with Crippen LogP contribution in [-0.4, -0.2) is 10.0 Å². The van der Waals surface area contributed by atoms with Crippen LogP contribution in [0, 0.1) is 15.9 Å². The van der Waals surface area contributed by atoms with Crippen molar-refractivity contribution in [3.63, 3.8) is 0 Å². The Bertz CT molecular complexity index is 342. The van der Waals surface area contributed by atoms with E-state index in [0.717, 1.165) is 6.07 Å². The van der Waals surface area contributed by atoms with E-state index in [1.165, 1.54) is 0 Å². The van der Waals surface area contributed by atoms with Gasteiger partial charge in [-0.3, -0.25) is 10.1 Å². The zero-order valence-electron chi connectivity index (χ0n) is 5.62. The summed E-state index contributed by atoms with van der Waals surface area (Å²) in [4.78, 5) is 9.29. The highest BCUT2D eigenvalue weighted by Gasteiger charge is 2.16. The minimum Gasteiger partial charge on any atom is -0.502 e. The lowest BCUT2D eigenvalue weighted by atomic mass is 10.3. The number of hydrogen-bond acceptors (Lipinski definition) is 3. The van der Waals surface area contributed by atoms with Gasteiger partial charge in [-0.25, -0.2) is 4.39 Å². The third-order valence-corrected chi connectivity index (χ3v) is 1.82.